The topological polar surface area (TPSA) is 44.1 Å². The quantitative estimate of drug-likeness (QED) is 0.368. The first-order valence-electron chi connectivity index (χ1n) is 7.14. The van der Waals surface area contributed by atoms with Gasteiger partial charge in [0.25, 0.3) is 0 Å². The van der Waals surface area contributed by atoms with E-state index in [1.54, 1.807) is 10.8 Å². The Hall–Kier alpha value is -0.890. The van der Waals surface area contributed by atoms with Gasteiger partial charge in [-0.25, -0.2) is 19.4 Å². The third kappa shape index (κ3) is 4.81. The lowest BCUT2D eigenvalue weighted by Crippen LogP contribution is -2.16. The zero-order valence-electron chi connectivity index (χ0n) is 13.7. The normalized spacial score (nSPS) is 12.4. The van der Waals surface area contributed by atoms with Gasteiger partial charge in [-0.1, -0.05) is 11.6 Å². The van der Waals surface area contributed by atoms with Crippen LogP contribution in [0.4, 0.5) is 4.39 Å². The average molecular weight is 438 g/mol. The summed E-state index contributed by atoms with van der Waals surface area (Å²) in [5.74, 6) is -0.197. The van der Waals surface area contributed by atoms with Crippen molar-refractivity contribution in [3.05, 3.63) is 51.2 Å². The predicted octanol–water partition coefficient (Wildman–Crippen LogP) is 4.34. The van der Waals surface area contributed by atoms with Crippen LogP contribution < -0.4 is 0 Å². The van der Waals surface area contributed by atoms with Crippen LogP contribution in [-0.4, -0.2) is 46.5 Å². The van der Waals surface area contributed by atoms with Crippen molar-refractivity contribution in [2.24, 2.45) is 0 Å². The summed E-state index contributed by atoms with van der Waals surface area (Å²) in [5, 5.41) is -0.122. The summed E-state index contributed by atoms with van der Waals surface area (Å²) < 4.78 is 21.8. The highest BCUT2D eigenvalue weighted by atomic mass is 79.9. The van der Waals surface area contributed by atoms with Gasteiger partial charge in [0.15, 0.2) is 11.6 Å². The van der Waals surface area contributed by atoms with Crippen LogP contribution >= 0.6 is 37.6 Å². The molecule has 0 saturated heterocycles. The number of imidazole rings is 1. The van der Waals surface area contributed by atoms with Gasteiger partial charge >= 0.3 is 0 Å². The molecule has 0 bridgehead atoms. The predicted molar refractivity (Wildman–Crippen MR) is 101 cm³/mol. The first-order chi connectivity index (χ1) is 11.2. The summed E-state index contributed by atoms with van der Waals surface area (Å²) in [6, 6.07) is 2.92. The fourth-order valence-corrected chi connectivity index (χ4v) is 3.00. The van der Waals surface area contributed by atoms with Crippen molar-refractivity contribution < 1.29 is 13.9 Å². The molecular formula is C16H19BrClFN2O2S. The number of ether oxygens (including phenoxy) is 1. The maximum Gasteiger partial charge on any atom is 0.231 e. The van der Waals surface area contributed by atoms with Crippen molar-refractivity contribution in [2.45, 2.75) is 6.73 Å². The van der Waals surface area contributed by atoms with Gasteiger partial charge in [-0.15, -0.1) is 0 Å². The molecule has 8 heteroatoms. The summed E-state index contributed by atoms with van der Waals surface area (Å²) in [5.41, 5.74) is -0.116. The smallest absolute Gasteiger partial charge is 0.231 e. The van der Waals surface area contributed by atoms with Crippen LogP contribution in [0, 0.1) is 5.82 Å². The Morgan fingerprint density at radius 3 is 2.79 bits per heavy atom. The lowest BCUT2D eigenvalue weighted by atomic mass is 10.1. The number of aromatic nitrogens is 2. The molecule has 0 aliphatic heterocycles. The number of halogens is 3. The molecule has 0 amide bonds. The van der Waals surface area contributed by atoms with Crippen molar-refractivity contribution in [1.82, 2.24) is 9.55 Å². The maximum atomic E-state index is 14.2. The monoisotopic (exact) mass is 436 g/mol. The van der Waals surface area contributed by atoms with Gasteiger partial charge in [0.2, 0.25) is 5.78 Å². The Bertz CT molecular complexity index is 746. The van der Waals surface area contributed by atoms with Crippen molar-refractivity contribution in [2.75, 3.05) is 31.1 Å². The zero-order chi connectivity index (χ0) is 17.9. The summed E-state index contributed by atoms with van der Waals surface area (Å²) in [6.45, 7) is 0.797. The summed E-state index contributed by atoms with van der Waals surface area (Å²) >= 11 is 8.98. The van der Waals surface area contributed by atoms with E-state index in [0.29, 0.717) is 11.1 Å². The van der Waals surface area contributed by atoms with E-state index in [9.17, 15) is 9.18 Å². The molecule has 1 heterocycles. The number of nitrogens with zero attached hydrogens (tertiary/aromatic N) is 2. The first kappa shape index (κ1) is 19.4. The first-order valence-corrected chi connectivity index (χ1v) is 11.3. The number of ketones is 1. The lowest BCUT2D eigenvalue weighted by molar-refractivity contribution is 0.0829. The lowest BCUT2D eigenvalue weighted by Gasteiger charge is -2.24. The van der Waals surface area contributed by atoms with Crippen LogP contribution in [0.3, 0.4) is 0 Å². The van der Waals surface area contributed by atoms with E-state index in [1.165, 1.54) is 18.3 Å². The van der Waals surface area contributed by atoms with Crippen LogP contribution in [-0.2, 0) is 11.5 Å². The van der Waals surface area contributed by atoms with E-state index < -0.39 is 21.6 Å². The maximum absolute atomic E-state index is 14.2. The Morgan fingerprint density at radius 2 is 2.12 bits per heavy atom. The van der Waals surface area contributed by atoms with Gasteiger partial charge in [-0.3, -0.25) is 4.79 Å². The summed E-state index contributed by atoms with van der Waals surface area (Å²) in [6.07, 6.45) is 9.76. The minimum Gasteiger partial charge on any atom is -0.360 e. The van der Waals surface area contributed by atoms with Gasteiger partial charge in [0, 0.05) is 22.6 Å². The van der Waals surface area contributed by atoms with Crippen molar-refractivity contribution in [1.29, 1.82) is 0 Å². The van der Waals surface area contributed by atoms with Crippen LogP contribution in [0.5, 0.6) is 0 Å². The number of hydrogen-bond acceptors (Lipinski definition) is 3. The molecule has 1 aromatic carbocycles. The second-order valence-corrected chi connectivity index (χ2v) is 11.9. The Labute approximate surface area is 155 Å². The van der Waals surface area contributed by atoms with E-state index in [2.05, 4.69) is 39.7 Å². The fraction of sp³-hybridized carbons (Fsp3) is 0.375. The van der Waals surface area contributed by atoms with E-state index in [0.717, 1.165) is 5.75 Å². The largest absolute Gasteiger partial charge is 0.360 e. The third-order valence-corrected chi connectivity index (χ3v) is 5.92. The molecule has 0 saturated carbocycles. The van der Waals surface area contributed by atoms with Crippen molar-refractivity contribution in [3.63, 3.8) is 0 Å². The average Bonchev–Trinajstić information content (AvgIpc) is 2.96. The number of carbonyl (C=O) groups excluding carboxylic acids is 1. The molecule has 0 unspecified atom stereocenters. The molecule has 0 aliphatic rings. The van der Waals surface area contributed by atoms with Crippen molar-refractivity contribution in [3.8, 4) is 0 Å². The van der Waals surface area contributed by atoms with Gasteiger partial charge in [0.1, 0.15) is 6.73 Å². The number of hydrogen-bond donors (Lipinski definition) is 0. The van der Waals surface area contributed by atoms with Gasteiger partial charge in [-0.2, -0.15) is 0 Å². The zero-order valence-corrected chi connectivity index (χ0v) is 16.8. The Morgan fingerprint density at radius 1 is 1.42 bits per heavy atom. The minimum absolute atomic E-state index is 0.116. The molecule has 2 aromatic rings. The van der Waals surface area contributed by atoms with Crippen LogP contribution in [0.2, 0.25) is 5.02 Å². The molecule has 0 radical (unpaired) electrons. The van der Waals surface area contributed by atoms with E-state index >= 15 is 0 Å². The summed E-state index contributed by atoms with van der Waals surface area (Å²) in [4.78, 5) is 16.6. The molecule has 2 rings (SSSR count). The van der Waals surface area contributed by atoms with E-state index in [-0.39, 0.29) is 23.1 Å². The standard InChI is InChI=1S/C16H19BrClFN2O2S/c1-24(2,3)9-8-23-10-21-7-6-20-16(21)15(22)11-4-5-12(17)13(18)14(11)19/h4-7H,8-10H2,1-3H3. The second kappa shape index (κ2) is 7.99. The molecule has 24 heavy (non-hydrogen) atoms. The number of carbonyl (C=O) groups is 1. The molecule has 4 nitrogen and oxygen atoms in total. The molecule has 1 aromatic heterocycles. The van der Waals surface area contributed by atoms with Gasteiger partial charge in [0.05, 0.1) is 17.2 Å². The molecular weight excluding hydrogens is 419 g/mol. The SMILES string of the molecule is CS(C)(C)CCOCn1ccnc1C(=O)c1ccc(Br)c(Cl)c1F. The molecule has 0 fully saturated rings. The third-order valence-electron chi connectivity index (χ3n) is 3.27. The number of rotatable bonds is 7. The van der Waals surface area contributed by atoms with Crippen LogP contribution in [0.15, 0.2) is 29.0 Å². The van der Waals surface area contributed by atoms with Crippen molar-refractivity contribution >= 4 is 43.3 Å². The number of benzene rings is 1. The minimum atomic E-state index is -0.761. The second-order valence-electron chi connectivity index (χ2n) is 6.10. The Kier molecular flexibility index (Phi) is 6.47. The van der Waals surface area contributed by atoms with Crippen LogP contribution in [0.1, 0.15) is 16.2 Å². The van der Waals surface area contributed by atoms with Crippen LogP contribution in [0.25, 0.3) is 0 Å². The highest BCUT2D eigenvalue weighted by Crippen LogP contribution is 2.33. The molecule has 132 valence electrons. The van der Waals surface area contributed by atoms with Gasteiger partial charge in [-0.05, 0) is 46.8 Å². The van der Waals surface area contributed by atoms with E-state index in [1.807, 2.05) is 0 Å². The fourth-order valence-electron chi connectivity index (χ4n) is 1.92. The van der Waals surface area contributed by atoms with Gasteiger partial charge < -0.3 is 9.30 Å². The Balaban J connectivity index is 2.12. The highest BCUT2D eigenvalue weighted by molar-refractivity contribution is 9.10. The molecule has 0 aliphatic carbocycles. The highest BCUT2D eigenvalue weighted by Gasteiger charge is 2.21. The van der Waals surface area contributed by atoms with E-state index in [4.69, 9.17) is 16.3 Å². The summed E-state index contributed by atoms with van der Waals surface area (Å²) in [7, 11) is -0.635. The molecule has 0 spiro atoms. The molecule has 0 N–H and O–H groups in total. The molecule has 0 atom stereocenters.